The van der Waals surface area contributed by atoms with Crippen molar-refractivity contribution >= 4 is 31.9 Å². The third-order valence-electron chi connectivity index (χ3n) is 9.68. The Hall–Kier alpha value is -3.72. The number of hydrogen-bond donors (Lipinski definition) is 0. The fourth-order valence-corrected chi connectivity index (χ4v) is 9.14. The van der Waals surface area contributed by atoms with Crippen molar-refractivity contribution in [3.8, 4) is 33.4 Å². The number of aryl methyl sites for hydroxylation is 6. The van der Waals surface area contributed by atoms with Gasteiger partial charge in [0.15, 0.2) is 0 Å². The third kappa shape index (κ3) is 4.85. The van der Waals surface area contributed by atoms with E-state index in [4.69, 9.17) is 0 Å². The molecule has 0 bridgehead atoms. The van der Waals surface area contributed by atoms with Crippen LogP contribution in [0.4, 0.5) is 0 Å². The predicted octanol–water partition coefficient (Wildman–Crippen LogP) is 12.8. The third-order valence-corrected chi connectivity index (χ3v) is 10.6. The summed E-state index contributed by atoms with van der Waals surface area (Å²) < 4.78 is 2.24. The van der Waals surface area contributed by atoms with Crippen LogP contribution in [0.1, 0.15) is 55.6 Å². The molecule has 0 aromatic heterocycles. The highest BCUT2D eigenvalue weighted by Crippen LogP contribution is 2.58. The molecule has 0 saturated carbocycles. The Morgan fingerprint density at radius 1 is 0.400 bits per heavy atom. The van der Waals surface area contributed by atoms with E-state index in [-0.39, 0.29) is 0 Å². The van der Waals surface area contributed by atoms with E-state index in [0.717, 1.165) is 8.95 Å². The molecule has 0 fully saturated rings. The van der Waals surface area contributed by atoms with Gasteiger partial charge >= 0.3 is 0 Å². The van der Waals surface area contributed by atoms with Crippen molar-refractivity contribution in [1.29, 1.82) is 0 Å². The van der Waals surface area contributed by atoms with Crippen LogP contribution >= 0.6 is 31.9 Å². The Labute approximate surface area is 284 Å². The molecule has 0 radical (unpaired) electrons. The zero-order valence-corrected chi connectivity index (χ0v) is 29.8. The number of benzene rings is 6. The molecular weight excluding hydrogens is 676 g/mol. The highest BCUT2D eigenvalue weighted by atomic mass is 79.9. The van der Waals surface area contributed by atoms with Gasteiger partial charge in [-0.25, -0.2) is 0 Å². The van der Waals surface area contributed by atoms with Crippen LogP contribution in [0.3, 0.4) is 0 Å². The van der Waals surface area contributed by atoms with Crippen LogP contribution in [0.25, 0.3) is 33.4 Å². The molecule has 0 heterocycles. The first-order chi connectivity index (χ1) is 21.6. The van der Waals surface area contributed by atoms with Gasteiger partial charge in [-0.2, -0.15) is 0 Å². The Kier molecular flexibility index (Phi) is 7.50. The molecule has 0 atom stereocenters. The molecule has 0 nitrogen and oxygen atoms in total. The lowest BCUT2D eigenvalue weighted by Gasteiger charge is -2.34. The molecule has 0 amide bonds. The molecule has 6 aromatic rings. The van der Waals surface area contributed by atoms with E-state index in [1.807, 2.05) is 0 Å². The fraction of sp³-hybridized carbons (Fsp3) is 0.163. The second-order valence-electron chi connectivity index (χ2n) is 12.8. The molecule has 0 aliphatic heterocycles. The maximum absolute atomic E-state index is 3.72. The van der Waals surface area contributed by atoms with Gasteiger partial charge < -0.3 is 0 Å². The minimum absolute atomic E-state index is 0.480. The number of hydrogen-bond acceptors (Lipinski definition) is 0. The van der Waals surface area contributed by atoms with Crippen LogP contribution in [0.5, 0.6) is 0 Å². The van der Waals surface area contributed by atoms with Crippen LogP contribution in [-0.2, 0) is 5.41 Å². The monoisotopic (exact) mass is 710 g/mol. The Morgan fingerprint density at radius 2 is 0.733 bits per heavy atom. The Morgan fingerprint density at radius 3 is 1.07 bits per heavy atom. The van der Waals surface area contributed by atoms with E-state index in [9.17, 15) is 0 Å². The standard InChI is InChI=1S/C43H36Br2/c1-25-7-13-33(14-8-25)43(34-15-9-26(2)10-16-34)39-23-31(41-27(3)19-35(44)20-28(41)4)11-17-37(39)38-18-12-32(24-40(38)43)42-29(5)21-36(45)22-30(42)6/h7-24H,1-6H3. The summed E-state index contributed by atoms with van der Waals surface area (Å²) in [7, 11) is 0. The summed E-state index contributed by atoms with van der Waals surface area (Å²) in [5.41, 5.74) is 20.1. The summed E-state index contributed by atoms with van der Waals surface area (Å²) in [6.07, 6.45) is 0. The van der Waals surface area contributed by atoms with E-state index < -0.39 is 5.41 Å². The first-order valence-electron chi connectivity index (χ1n) is 15.6. The van der Waals surface area contributed by atoms with Gasteiger partial charge in [-0.3, -0.25) is 0 Å². The van der Waals surface area contributed by atoms with Crippen molar-refractivity contribution in [2.45, 2.75) is 47.0 Å². The second-order valence-corrected chi connectivity index (χ2v) is 14.7. The number of halogens is 2. The lowest BCUT2D eigenvalue weighted by Crippen LogP contribution is -2.28. The van der Waals surface area contributed by atoms with Gasteiger partial charge in [0.1, 0.15) is 0 Å². The summed E-state index contributed by atoms with van der Waals surface area (Å²) in [6, 6.07) is 41.7. The average Bonchev–Trinajstić information content (AvgIpc) is 3.27. The van der Waals surface area contributed by atoms with Gasteiger partial charge in [0.25, 0.3) is 0 Å². The molecular formula is C43H36Br2. The summed E-state index contributed by atoms with van der Waals surface area (Å²) in [5, 5.41) is 0. The Balaban J connectivity index is 1.60. The van der Waals surface area contributed by atoms with Crippen LogP contribution in [0.15, 0.2) is 118 Å². The fourth-order valence-electron chi connectivity index (χ4n) is 7.76. The van der Waals surface area contributed by atoms with Crippen LogP contribution in [0.2, 0.25) is 0 Å². The summed E-state index contributed by atoms with van der Waals surface area (Å²) >= 11 is 7.43. The van der Waals surface area contributed by atoms with Crippen molar-refractivity contribution in [3.05, 3.63) is 174 Å². The molecule has 0 N–H and O–H groups in total. The van der Waals surface area contributed by atoms with E-state index in [2.05, 4.69) is 183 Å². The predicted molar refractivity (Wildman–Crippen MR) is 198 cm³/mol. The van der Waals surface area contributed by atoms with Crippen molar-refractivity contribution in [2.75, 3.05) is 0 Å². The van der Waals surface area contributed by atoms with Gasteiger partial charge in [0.05, 0.1) is 5.41 Å². The van der Waals surface area contributed by atoms with Crippen molar-refractivity contribution in [2.24, 2.45) is 0 Å². The topological polar surface area (TPSA) is 0 Å². The summed E-state index contributed by atoms with van der Waals surface area (Å²) in [4.78, 5) is 0. The number of fused-ring (bicyclic) bond motifs is 3. The zero-order chi connectivity index (χ0) is 31.6. The lowest BCUT2D eigenvalue weighted by atomic mass is 9.67. The van der Waals surface area contributed by atoms with Gasteiger partial charge in [0, 0.05) is 8.95 Å². The summed E-state index contributed by atoms with van der Waals surface area (Å²) in [6.45, 7) is 13.2. The van der Waals surface area contributed by atoms with Crippen molar-refractivity contribution in [1.82, 2.24) is 0 Å². The van der Waals surface area contributed by atoms with Gasteiger partial charge in [0.2, 0.25) is 0 Å². The first kappa shape index (κ1) is 30.0. The van der Waals surface area contributed by atoms with Crippen LogP contribution in [-0.4, -0.2) is 0 Å². The normalized spacial score (nSPS) is 13.1. The van der Waals surface area contributed by atoms with Crippen LogP contribution in [0, 0.1) is 41.5 Å². The van der Waals surface area contributed by atoms with E-state index in [1.165, 1.54) is 89.0 Å². The molecule has 45 heavy (non-hydrogen) atoms. The smallest absolute Gasteiger partial charge is 0.0590 e. The van der Waals surface area contributed by atoms with Gasteiger partial charge in [-0.1, -0.05) is 116 Å². The highest BCUT2D eigenvalue weighted by Gasteiger charge is 2.46. The quantitative estimate of drug-likeness (QED) is 0.170. The van der Waals surface area contributed by atoms with E-state index >= 15 is 0 Å². The van der Waals surface area contributed by atoms with Gasteiger partial charge in [-0.15, -0.1) is 0 Å². The number of rotatable bonds is 4. The maximum atomic E-state index is 3.72. The molecule has 2 heteroatoms. The molecule has 6 aromatic carbocycles. The molecule has 1 aliphatic rings. The molecule has 0 spiro atoms. The zero-order valence-electron chi connectivity index (χ0n) is 26.6. The first-order valence-corrected chi connectivity index (χ1v) is 17.1. The molecule has 0 unspecified atom stereocenters. The maximum Gasteiger partial charge on any atom is 0.0714 e. The minimum Gasteiger partial charge on any atom is -0.0590 e. The lowest BCUT2D eigenvalue weighted by molar-refractivity contribution is 0.768. The van der Waals surface area contributed by atoms with E-state index in [1.54, 1.807) is 0 Å². The molecule has 7 rings (SSSR count). The van der Waals surface area contributed by atoms with E-state index in [0.29, 0.717) is 0 Å². The largest absolute Gasteiger partial charge is 0.0714 e. The molecule has 222 valence electrons. The van der Waals surface area contributed by atoms with Crippen LogP contribution < -0.4 is 0 Å². The molecule has 1 aliphatic carbocycles. The molecule has 0 saturated heterocycles. The summed E-state index contributed by atoms with van der Waals surface area (Å²) in [5.74, 6) is 0. The van der Waals surface area contributed by atoms with Gasteiger partial charge in [-0.05, 0) is 156 Å². The minimum atomic E-state index is -0.480. The van der Waals surface area contributed by atoms with Crippen molar-refractivity contribution in [3.63, 3.8) is 0 Å². The van der Waals surface area contributed by atoms with Crippen molar-refractivity contribution < 1.29 is 0 Å². The average molecular weight is 713 g/mol. The SMILES string of the molecule is Cc1ccc(C2(c3ccc(C)cc3)c3cc(-c4c(C)cc(Br)cc4C)ccc3-c3ccc(-c4c(C)cc(Br)cc4C)cc32)cc1. The Bertz CT molecular complexity index is 1910. The highest BCUT2D eigenvalue weighted by molar-refractivity contribution is 9.10. The second kappa shape index (κ2) is 11.3.